The average molecular weight is 258 g/mol. The number of nitrogens with one attached hydrogen (secondary N) is 1. The van der Waals surface area contributed by atoms with Crippen LogP contribution in [0.2, 0.25) is 5.02 Å². The lowest BCUT2D eigenvalue weighted by Gasteiger charge is -2.16. The first-order valence-electron chi connectivity index (χ1n) is 5.82. The number of hydrogen-bond acceptors (Lipinski definition) is 3. The highest BCUT2D eigenvalue weighted by molar-refractivity contribution is 6.32. The van der Waals surface area contributed by atoms with Crippen LogP contribution in [0.4, 0.5) is 0 Å². The van der Waals surface area contributed by atoms with Crippen LogP contribution in [0, 0.1) is 0 Å². The van der Waals surface area contributed by atoms with Crippen molar-refractivity contribution in [1.29, 1.82) is 0 Å². The minimum absolute atomic E-state index is 0.0704. The predicted molar refractivity (Wildman–Crippen MR) is 71.1 cm³/mol. The summed E-state index contributed by atoms with van der Waals surface area (Å²) in [5, 5.41) is 3.84. The Kier molecular flexibility index (Phi) is 5.59. The molecule has 17 heavy (non-hydrogen) atoms. The number of rotatable bonds is 6. The van der Waals surface area contributed by atoms with E-state index in [4.69, 9.17) is 21.1 Å². The normalized spacial score (nSPS) is 10.7. The molecule has 0 saturated carbocycles. The smallest absolute Gasteiger partial charge is 0.180 e. The SMILES string of the molecule is CCNCc1cc(Cl)c(OC(C)C)c(OC)c1. The maximum absolute atomic E-state index is 6.20. The third-order valence-electron chi connectivity index (χ3n) is 2.22. The van der Waals surface area contributed by atoms with E-state index in [9.17, 15) is 0 Å². The van der Waals surface area contributed by atoms with Crippen molar-refractivity contribution in [2.24, 2.45) is 0 Å². The Morgan fingerprint density at radius 2 is 2.06 bits per heavy atom. The van der Waals surface area contributed by atoms with Crippen LogP contribution < -0.4 is 14.8 Å². The number of hydrogen-bond donors (Lipinski definition) is 1. The number of benzene rings is 1. The van der Waals surface area contributed by atoms with Gasteiger partial charge < -0.3 is 14.8 Å². The van der Waals surface area contributed by atoms with Gasteiger partial charge in [-0.05, 0) is 38.1 Å². The summed E-state index contributed by atoms with van der Waals surface area (Å²) in [5.74, 6) is 1.29. The number of halogens is 1. The highest BCUT2D eigenvalue weighted by Crippen LogP contribution is 2.37. The molecule has 3 nitrogen and oxygen atoms in total. The van der Waals surface area contributed by atoms with E-state index in [1.54, 1.807) is 7.11 Å². The fraction of sp³-hybridized carbons (Fsp3) is 0.538. The van der Waals surface area contributed by atoms with E-state index in [1.165, 1.54) is 0 Å². The zero-order valence-electron chi connectivity index (χ0n) is 10.8. The average Bonchev–Trinajstić information content (AvgIpc) is 2.28. The molecule has 0 heterocycles. The molecule has 0 aliphatic carbocycles. The van der Waals surface area contributed by atoms with Gasteiger partial charge in [0.15, 0.2) is 11.5 Å². The second-order valence-electron chi connectivity index (χ2n) is 4.06. The number of methoxy groups -OCH3 is 1. The summed E-state index contributed by atoms with van der Waals surface area (Å²) < 4.78 is 11.0. The van der Waals surface area contributed by atoms with Crippen LogP contribution in [-0.2, 0) is 6.54 Å². The Bertz CT molecular complexity index is 367. The molecular weight excluding hydrogens is 238 g/mol. The molecule has 96 valence electrons. The van der Waals surface area contributed by atoms with E-state index in [2.05, 4.69) is 12.2 Å². The van der Waals surface area contributed by atoms with Gasteiger partial charge in [-0.3, -0.25) is 0 Å². The minimum atomic E-state index is 0.0704. The van der Waals surface area contributed by atoms with Crippen molar-refractivity contribution in [2.75, 3.05) is 13.7 Å². The van der Waals surface area contributed by atoms with E-state index in [0.29, 0.717) is 16.5 Å². The molecule has 0 atom stereocenters. The quantitative estimate of drug-likeness (QED) is 0.849. The topological polar surface area (TPSA) is 30.5 Å². The van der Waals surface area contributed by atoms with Crippen molar-refractivity contribution >= 4 is 11.6 Å². The molecule has 0 radical (unpaired) electrons. The minimum Gasteiger partial charge on any atom is -0.493 e. The molecule has 0 aliphatic rings. The molecule has 1 aromatic carbocycles. The van der Waals surface area contributed by atoms with Gasteiger partial charge in [-0.15, -0.1) is 0 Å². The van der Waals surface area contributed by atoms with Gasteiger partial charge in [0.05, 0.1) is 18.2 Å². The van der Waals surface area contributed by atoms with Crippen LogP contribution in [0.3, 0.4) is 0 Å². The second kappa shape index (κ2) is 6.72. The Hall–Kier alpha value is -0.930. The van der Waals surface area contributed by atoms with Gasteiger partial charge in [0.1, 0.15) is 0 Å². The van der Waals surface area contributed by atoms with Crippen molar-refractivity contribution in [3.05, 3.63) is 22.7 Å². The summed E-state index contributed by atoms with van der Waals surface area (Å²) in [7, 11) is 1.62. The van der Waals surface area contributed by atoms with Crippen LogP contribution in [-0.4, -0.2) is 19.8 Å². The molecule has 0 unspecified atom stereocenters. The largest absolute Gasteiger partial charge is 0.493 e. The van der Waals surface area contributed by atoms with Crippen LogP contribution >= 0.6 is 11.6 Å². The molecular formula is C13H20ClNO2. The zero-order valence-corrected chi connectivity index (χ0v) is 11.6. The highest BCUT2D eigenvalue weighted by Gasteiger charge is 2.13. The van der Waals surface area contributed by atoms with Crippen molar-refractivity contribution in [2.45, 2.75) is 33.4 Å². The summed E-state index contributed by atoms with van der Waals surface area (Å²) in [6.07, 6.45) is 0.0704. The van der Waals surface area contributed by atoms with E-state index in [-0.39, 0.29) is 6.10 Å². The van der Waals surface area contributed by atoms with Gasteiger partial charge >= 0.3 is 0 Å². The van der Waals surface area contributed by atoms with Crippen molar-refractivity contribution < 1.29 is 9.47 Å². The Morgan fingerprint density at radius 1 is 1.35 bits per heavy atom. The summed E-state index contributed by atoms with van der Waals surface area (Å²) in [4.78, 5) is 0. The van der Waals surface area contributed by atoms with Gasteiger partial charge in [-0.1, -0.05) is 18.5 Å². The first-order chi connectivity index (χ1) is 8.08. The van der Waals surface area contributed by atoms with Gasteiger partial charge in [-0.2, -0.15) is 0 Å². The molecule has 1 aromatic rings. The zero-order chi connectivity index (χ0) is 12.8. The third-order valence-corrected chi connectivity index (χ3v) is 2.50. The summed E-state index contributed by atoms with van der Waals surface area (Å²) in [6.45, 7) is 7.68. The molecule has 0 amide bonds. The third kappa shape index (κ3) is 4.10. The summed E-state index contributed by atoms with van der Waals surface area (Å²) in [5.41, 5.74) is 1.09. The van der Waals surface area contributed by atoms with Gasteiger partial charge in [0.25, 0.3) is 0 Å². The lowest BCUT2D eigenvalue weighted by Crippen LogP contribution is -2.12. The Labute approximate surface area is 108 Å². The molecule has 0 bridgehead atoms. The van der Waals surface area contributed by atoms with Gasteiger partial charge in [0, 0.05) is 6.54 Å². The molecule has 1 rings (SSSR count). The molecule has 1 N–H and O–H groups in total. The van der Waals surface area contributed by atoms with Crippen molar-refractivity contribution in [1.82, 2.24) is 5.32 Å². The second-order valence-corrected chi connectivity index (χ2v) is 4.46. The molecule has 0 fully saturated rings. The number of ether oxygens (including phenoxy) is 2. The van der Waals surface area contributed by atoms with Crippen LogP contribution in [0.5, 0.6) is 11.5 Å². The Morgan fingerprint density at radius 3 is 2.59 bits per heavy atom. The van der Waals surface area contributed by atoms with Crippen LogP contribution in [0.1, 0.15) is 26.3 Å². The lowest BCUT2D eigenvalue weighted by molar-refractivity contribution is 0.230. The van der Waals surface area contributed by atoms with Crippen LogP contribution in [0.25, 0.3) is 0 Å². The lowest BCUT2D eigenvalue weighted by atomic mass is 10.2. The maximum Gasteiger partial charge on any atom is 0.180 e. The molecule has 0 spiro atoms. The van der Waals surface area contributed by atoms with Crippen molar-refractivity contribution in [3.8, 4) is 11.5 Å². The fourth-order valence-electron chi connectivity index (χ4n) is 1.49. The van der Waals surface area contributed by atoms with Crippen molar-refractivity contribution in [3.63, 3.8) is 0 Å². The summed E-state index contributed by atoms with van der Waals surface area (Å²) >= 11 is 6.20. The van der Waals surface area contributed by atoms with E-state index in [0.717, 1.165) is 18.7 Å². The highest BCUT2D eigenvalue weighted by atomic mass is 35.5. The predicted octanol–water partition coefficient (Wildman–Crippen LogP) is 3.25. The van der Waals surface area contributed by atoms with E-state index < -0.39 is 0 Å². The molecule has 0 aromatic heterocycles. The standard InChI is InChI=1S/C13H20ClNO2/c1-5-15-8-10-6-11(14)13(17-9(2)3)12(7-10)16-4/h6-7,9,15H,5,8H2,1-4H3. The molecule has 0 aliphatic heterocycles. The monoisotopic (exact) mass is 257 g/mol. The molecule has 4 heteroatoms. The van der Waals surface area contributed by atoms with E-state index >= 15 is 0 Å². The fourth-order valence-corrected chi connectivity index (χ4v) is 1.77. The summed E-state index contributed by atoms with van der Waals surface area (Å²) in [6, 6.07) is 3.86. The van der Waals surface area contributed by atoms with Gasteiger partial charge in [0.2, 0.25) is 0 Å². The van der Waals surface area contributed by atoms with E-state index in [1.807, 2.05) is 26.0 Å². The first-order valence-corrected chi connectivity index (χ1v) is 6.20. The molecule has 0 saturated heterocycles. The van der Waals surface area contributed by atoms with Crippen LogP contribution in [0.15, 0.2) is 12.1 Å². The van der Waals surface area contributed by atoms with Gasteiger partial charge in [-0.25, -0.2) is 0 Å². The first kappa shape index (κ1) is 14.1. The maximum atomic E-state index is 6.20. The Balaban J connectivity index is 2.98.